The predicted molar refractivity (Wildman–Crippen MR) is 90.1 cm³/mol. The minimum absolute atomic E-state index is 0.153. The molecule has 0 aliphatic carbocycles. The summed E-state index contributed by atoms with van der Waals surface area (Å²) in [6.07, 6.45) is 2.52. The van der Waals surface area contributed by atoms with Gasteiger partial charge in [-0.05, 0) is 63.9 Å². The number of fused-ring (bicyclic) bond motifs is 1. The minimum Gasteiger partial charge on any atom is -0.484 e. The number of rotatable bonds is 4. The van der Waals surface area contributed by atoms with Crippen LogP contribution in [0.3, 0.4) is 0 Å². The molecule has 0 aromatic heterocycles. The first-order valence-corrected chi connectivity index (χ1v) is 8.44. The molecule has 2 aliphatic rings. The van der Waals surface area contributed by atoms with Crippen molar-refractivity contribution in [2.75, 3.05) is 31.5 Å². The number of hydrogen-bond donors (Lipinski definition) is 2. The van der Waals surface area contributed by atoms with Gasteiger partial charge in [-0.15, -0.1) is 0 Å². The number of carbonyl (C=O) groups is 1. The normalized spacial score (nSPS) is 21.1. The zero-order valence-corrected chi connectivity index (χ0v) is 14.0. The molecule has 3 rings (SSSR count). The molecule has 23 heavy (non-hydrogen) atoms. The second-order valence-corrected chi connectivity index (χ2v) is 7.25. The Kier molecular flexibility index (Phi) is 4.48. The molecular formula is C18H26N2O3. The van der Waals surface area contributed by atoms with Crippen molar-refractivity contribution in [1.29, 1.82) is 0 Å². The smallest absolute Gasteiger partial charge is 0.306 e. The molecule has 0 atom stereocenters. The second kappa shape index (κ2) is 6.40. The van der Waals surface area contributed by atoms with E-state index in [1.54, 1.807) is 0 Å². The highest BCUT2D eigenvalue weighted by atomic mass is 16.5. The van der Waals surface area contributed by atoms with E-state index in [2.05, 4.69) is 42.3 Å². The highest BCUT2D eigenvalue weighted by Gasteiger charge is 2.26. The maximum atomic E-state index is 11.0. The Morgan fingerprint density at radius 1 is 1.39 bits per heavy atom. The first-order valence-electron chi connectivity index (χ1n) is 8.44. The summed E-state index contributed by atoms with van der Waals surface area (Å²) in [5.74, 6) is 0.125. The van der Waals surface area contributed by atoms with Crippen LogP contribution in [-0.2, 0) is 11.2 Å². The number of ether oxygens (including phenoxy) is 1. The third-order valence-corrected chi connectivity index (χ3v) is 4.79. The third-order valence-electron chi connectivity index (χ3n) is 4.79. The number of hydrogen-bond acceptors (Lipinski definition) is 4. The lowest BCUT2D eigenvalue weighted by Gasteiger charge is -2.34. The van der Waals surface area contributed by atoms with E-state index < -0.39 is 5.97 Å². The van der Waals surface area contributed by atoms with E-state index in [1.807, 2.05) is 0 Å². The lowest BCUT2D eigenvalue weighted by atomic mass is 9.97. The largest absolute Gasteiger partial charge is 0.484 e. The van der Waals surface area contributed by atoms with Crippen LogP contribution >= 0.6 is 0 Å². The van der Waals surface area contributed by atoms with E-state index in [0.717, 1.165) is 56.9 Å². The van der Waals surface area contributed by atoms with E-state index in [-0.39, 0.29) is 11.5 Å². The Hall–Kier alpha value is -1.75. The molecule has 5 heteroatoms. The van der Waals surface area contributed by atoms with Gasteiger partial charge in [-0.25, -0.2) is 0 Å². The molecule has 0 spiro atoms. The van der Waals surface area contributed by atoms with Crippen molar-refractivity contribution in [3.8, 4) is 5.75 Å². The molecule has 126 valence electrons. The Morgan fingerprint density at radius 3 is 2.83 bits per heavy atom. The highest BCUT2D eigenvalue weighted by molar-refractivity contribution is 5.70. The number of carboxylic acid groups (broad SMARTS) is 1. The van der Waals surface area contributed by atoms with Gasteiger partial charge in [-0.3, -0.25) is 4.79 Å². The number of nitrogens with zero attached hydrogens (tertiary/aromatic N) is 1. The zero-order chi connectivity index (χ0) is 16.4. The number of carboxylic acids is 1. The van der Waals surface area contributed by atoms with E-state index >= 15 is 0 Å². The van der Waals surface area contributed by atoms with E-state index in [1.165, 1.54) is 5.56 Å². The van der Waals surface area contributed by atoms with Crippen molar-refractivity contribution in [3.05, 3.63) is 23.8 Å². The molecule has 1 aromatic carbocycles. The van der Waals surface area contributed by atoms with Crippen LogP contribution in [0, 0.1) is 5.92 Å². The van der Waals surface area contributed by atoms with Crippen LogP contribution in [0.25, 0.3) is 0 Å². The number of likely N-dealkylation sites (tertiary alicyclic amines) is 1. The van der Waals surface area contributed by atoms with Gasteiger partial charge in [0.25, 0.3) is 0 Å². The van der Waals surface area contributed by atoms with Gasteiger partial charge >= 0.3 is 5.97 Å². The minimum atomic E-state index is -0.645. The van der Waals surface area contributed by atoms with Crippen molar-refractivity contribution in [2.24, 2.45) is 5.92 Å². The zero-order valence-electron chi connectivity index (χ0n) is 14.0. The number of aliphatic carboxylic acids is 1. The van der Waals surface area contributed by atoms with Crippen molar-refractivity contribution < 1.29 is 14.6 Å². The molecule has 1 aromatic rings. The topological polar surface area (TPSA) is 61.8 Å². The van der Waals surface area contributed by atoms with Crippen LogP contribution in [0.1, 0.15) is 32.3 Å². The average Bonchev–Trinajstić information content (AvgIpc) is 2.52. The molecule has 0 saturated carbocycles. The molecule has 5 nitrogen and oxygen atoms in total. The number of benzene rings is 1. The lowest BCUT2D eigenvalue weighted by molar-refractivity contribution is -0.143. The van der Waals surface area contributed by atoms with Gasteiger partial charge in [0, 0.05) is 6.54 Å². The fraction of sp³-hybridized carbons (Fsp3) is 0.611. The van der Waals surface area contributed by atoms with Crippen LogP contribution in [0.15, 0.2) is 18.2 Å². The summed E-state index contributed by atoms with van der Waals surface area (Å²) >= 11 is 0. The van der Waals surface area contributed by atoms with E-state index in [4.69, 9.17) is 9.84 Å². The molecule has 0 unspecified atom stereocenters. The molecule has 1 saturated heterocycles. The van der Waals surface area contributed by atoms with E-state index in [0.29, 0.717) is 0 Å². The molecule has 0 bridgehead atoms. The molecule has 0 radical (unpaired) electrons. The average molecular weight is 318 g/mol. The summed E-state index contributed by atoms with van der Waals surface area (Å²) in [6, 6.07) is 6.36. The molecular weight excluding hydrogens is 292 g/mol. The van der Waals surface area contributed by atoms with Crippen LogP contribution in [0.2, 0.25) is 0 Å². The van der Waals surface area contributed by atoms with Crippen LogP contribution in [0.4, 0.5) is 5.69 Å². The summed E-state index contributed by atoms with van der Waals surface area (Å²) in [7, 11) is 0. The third kappa shape index (κ3) is 3.96. The summed E-state index contributed by atoms with van der Waals surface area (Å²) in [4.78, 5) is 13.4. The summed E-state index contributed by atoms with van der Waals surface area (Å²) in [5, 5.41) is 12.5. The first kappa shape index (κ1) is 16.1. The molecule has 0 amide bonds. The van der Waals surface area contributed by atoms with Crippen molar-refractivity contribution >= 4 is 11.7 Å². The van der Waals surface area contributed by atoms with Crippen molar-refractivity contribution in [1.82, 2.24) is 4.90 Å². The number of piperidine rings is 1. The first-order chi connectivity index (χ1) is 10.9. The van der Waals surface area contributed by atoms with Crippen molar-refractivity contribution in [2.45, 2.75) is 38.7 Å². The summed E-state index contributed by atoms with van der Waals surface area (Å²) in [5.41, 5.74) is 2.20. The molecule has 1 fully saturated rings. The quantitative estimate of drug-likeness (QED) is 0.893. The Labute approximate surface area is 137 Å². The van der Waals surface area contributed by atoms with Gasteiger partial charge in [0.05, 0.1) is 18.2 Å². The van der Waals surface area contributed by atoms with Crippen LogP contribution < -0.4 is 10.1 Å². The van der Waals surface area contributed by atoms with Gasteiger partial charge in [0.2, 0.25) is 0 Å². The van der Waals surface area contributed by atoms with Crippen LogP contribution in [-0.4, -0.2) is 47.8 Å². The maximum Gasteiger partial charge on any atom is 0.306 e. The fourth-order valence-electron chi connectivity index (χ4n) is 3.29. The monoisotopic (exact) mass is 318 g/mol. The Bertz CT molecular complexity index is 578. The Morgan fingerprint density at radius 2 is 2.13 bits per heavy atom. The molecule has 2 heterocycles. The van der Waals surface area contributed by atoms with Crippen molar-refractivity contribution in [3.63, 3.8) is 0 Å². The second-order valence-electron chi connectivity index (χ2n) is 7.25. The number of anilines is 1. The Balaban J connectivity index is 1.53. The summed E-state index contributed by atoms with van der Waals surface area (Å²) in [6.45, 7) is 7.73. The predicted octanol–water partition coefficient (Wildman–Crippen LogP) is 2.61. The SMILES string of the molecule is CC1(C)CNc2cc(CCN3CCC(C(=O)O)CC3)ccc2O1. The summed E-state index contributed by atoms with van der Waals surface area (Å²) < 4.78 is 5.97. The fourth-order valence-corrected chi connectivity index (χ4v) is 3.29. The van der Waals surface area contributed by atoms with Gasteiger partial charge in [0.1, 0.15) is 11.4 Å². The highest BCUT2D eigenvalue weighted by Crippen LogP contribution is 2.33. The number of nitrogens with one attached hydrogen (secondary N) is 1. The standard InChI is InChI=1S/C18H26N2O3/c1-18(2)12-19-15-11-13(3-4-16(15)23-18)5-8-20-9-6-14(7-10-20)17(21)22/h3-4,11,14,19H,5-10,12H2,1-2H3,(H,21,22). The van der Waals surface area contributed by atoms with Crippen LogP contribution in [0.5, 0.6) is 5.75 Å². The van der Waals surface area contributed by atoms with Gasteiger partial charge in [-0.1, -0.05) is 6.07 Å². The lowest BCUT2D eigenvalue weighted by Crippen LogP contribution is -2.40. The van der Waals surface area contributed by atoms with Gasteiger partial charge in [-0.2, -0.15) is 0 Å². The molecule has 2 aliphatic heterocycles. The molecule has 2 N–H and O–H groups in total. The van der Waals surface area contributed by atoms with Gasteiger partial charge in [0.15, 0.2) is 0 Å². The van der Waals surface area contributed by atoms with Gasteiger partial charge < -0.3 is 20.1 Å². The maximum absolute atomic E-state index is 11.0. The van der Waals surface area contributed by atoms with E-state index in [9.17, 15) is 4.79 Å².